The van der Waals surface area contributed by atoms with Crippen molar-refractivity contribution in [2.75, 3.05) is 28.6 Å². The minimum Gasteiger partial charge on any atom is -0.372 e. The van der Waals surface area contributed by atoms with Gasteiger partial charge in [-0.2, -0.15) is 0 Å². The average molecular weight is 389 g/mol. The van der Waals surface area contributed by atoms with Crippen molar-refractivity contribution in [3.63, 3.8) is 0 Å². The first kappa shape index (κ1) is 20.4. The molecule has 5 heteroatoms. The van der Waals surface area contributed by atoms with E-state index in [0.717, 1.165) is 41.3 Å². The Kier molecular flexibility index (Phi) is 6.50. The van der Waals surface area contributed by atoms with Crippen molar-refractivity contribution < 1.29 is 4.79 Å². The second kappa shape index (κ2) is 9.24. The summed E-state index contributed by atoms with van der Waals surface area (Å²) >= 11 is 0. The van der Waals surface area contributed by atoms with Gasteiger partial charge < -0.3 is 15.5 Å². The number of nitrogens with zero attached hydrogens (tertiary/aromatic N) is 2. The van der Waals surface area contributed by atoms with E-state index in [1.807, 2.05) is 37.3 Å². The van der Waals surface area contributed by atoms with Crippen LogP contribution in [0.1, 0.15) is 35.3 Å². The molecule has 2 N–H and O–H groups in total. The number of aryl methyl sites for hydroxylation is 2. The molecule has 29 heavy (non-hydrogen) atoms. The number of nitrogens with one attached hydrogen (secondary N) is 2. The molecule has 1 aromatic heterocycles. The normalized spacial score (nSPS) is 10.5. The summed E-state index contributed by atoms with van der Waals surface area (Å²) in [5, 5.41) is 6.33. The van der Waals surface area contributed by atoms with Crippen molar-refractivity contribution in [1.29, 1.82) is 0 Å². The van der Waals surface area contributed by atoms with Gasteiger partial charge in [0.1, 0.15) is 0 Å². The third kappa shape index (κ3) is 4.93. The Labute approximate surface area is 172 Å². The molecule has 0 radical (unpaired) electrons. The van der Waals surface area contributed by atoms with Crippen molar-refractivity contribution in [2.24, 2.45) is 0 Å². The molecule has 0 atom stereocenters. The lowest BCUT2D eigenvalue weighted by Crippen LogP contribution is -2.21. The molecule has 0 aliphatic carbocycles. The number of rotatable bonds is 7. The molecule has 0 aliphatic heterocycles. The van der Waals surface area contributed by atoms with E-state index >= 15 is 0 Å². The number of amides is 1. The lowest BCUT2D eigenvalue weighted by Gasteiger charge is -2.22. The maximum Gasteiger partial charge on any atom is 0.257 e. The van der Waals surface area contributed by atoms with E-state index < -0.39 is 0 Å². The molecular formula is C24H28N4O. The van der Waals surface area contributed by atoms with Crippen molar-refractivity contribution in [3.8, 4) is 0 Å². The van der Waals surface area contributed by atoms with Gasteiger partial charge in [-0.3, -0.25) is 9.78 Å². The van der Waals surface area contributed by atoms with Crippen LogP contribution < -0.4 is 15.5 Å². The third-order valence-electron chi connectivity index (χ3n) is 5.01. The van der Waals surface area contributed by atoms with Gasteiger partial charge >= 0.3 is 0 Å². The van der Waals surface area contributed by atoms with Gasteiger partial charge in [-0.25, -0.2) is 0 Å². The molecular weight excluding hydrogens is 360 g/mol. The first-order valence-electron chi connectivity index (χ1n) is 9.96. The van der Waals surface area contributed by atoms with E-state index in [1.54, 1.807) is 12.4 Å². The minimum absolute atomic E-state index is 0.177. The van der Waals surface area contributed by atoms with Crippen LogP contribution in [0.15, 0.2) is 60.9 Å². The van der Waals surface area contributed by atoms with E-state index in [2.05, 4.69) is 59.5 Å². The summed E-state index contributed by atoms with van der Waals surface area (Å²) in [6.45, 7) is 10.3. The maximum absolute atomic E-state index is 12.6. The van der Waals surface area contributed by atoms with Crippen molar-refractivity contribution in [2.45, 2.75) is 27.7 Å². The number of aromatic nitrogens is 1. The van der Waals surface area contributed by atoms with Crippen LogP contribution in [0.4, 0.5) is 22.7 Å². The predicted molar refractivity (Wildman–Crippen MR) is 121 cm³/mol. The van der Waals surface area contributed by atoms with Gasteiger partial charge in [0.25, 0.3) is 5.91 Å². The zero-order chi connectivity index (χ0) is 20.8. The fourth-order valence-electron chi connectivity index (χ4n) is 3.27. The molecule has 2 aromatic carbocycles. The smallest absolute Gasteiger partial charge is 0.257 e. The molecule has 5 nitrogen and oxygen atoms in total. The zero-order valence-electron chi connectivity index (χ0n) is 17.5. The number of benzene rings is 2. The second-order valence-corrected chi connectivity index (χ2v) is 7.03. The SMILES string of the molecule is CCN(CC)c1ccc(Nc2cncc(C(=O)Nc3ccccc3C)c2)c(C)c1. The van der Waals surface area contributed by atoms with Crippen LogP contribution in [0.5, 0.6) is 0 Å². The van der Waals surface area contributed by atoms with Crippen molar-refractivity contribution in [1.82, 2.24) is 4.98 Å². The molecule has 1 heterocycles. The fraction of sp³-hybridized carbons (Fsp3) is 0.250. The Balaban J connectivity index is 1.76. The number of anilines is 4. The summed E-state index contributed by atoms with van der Waals surface area (Å²) in [5.41, 5.74) is 6.47. The Morgan fingerprint density at radius 1 is 0.931 bits per heavy atom. The second-order valence-electron chi connectivity index (χ2n) is 7.03. The standard InChI is InChI=1S/C24H28N4O/c1-5-28(6-2)21-11-12-23(18(4)13-21)26-20-14-19(15-25-16-20)24(29)27-22-10-8-7-9-17(22)3/h7-16,26H,5-6H2,1-4H3,(H,27,29). The number of carbonyl (C=O) groups excluding carboxylic acids is 1. The van der Waals surface area contributed by atoms with E-state index in [4.69, 9.17) is 0 Å². The van der Waals surface area contributed by atoms with Gasteiger partial charge in [0.15, 0.2) is 0 Å². The van der Waals surface area contributed by atoms with Gasteiger partial charge in [0.2, 0.25) is 0 Å². The summed E-state index contributed by atoms with van der Waals surface area (Å²) in [4.78, 5) is 19.2. The summed E-state index contributed by atoms with van der Waals surface area (Å²) < 4.78 is 0. The van der Waals surface area contributed by atoms with Crippen LogP contribution in [0, 0.1) is 13.8 Å². The maximum atomic E-state index is 12.6. The summed E-state index contributed by atoms with van der Waals surface area (Å²) in [7, 11) is 0. The molecule has 0 saturated carbocycles. The predicted octanol–water partition coefficient (Wildman–Crippen LogP) is 5.54. The van der Waals surface area contributed by atoms with E-state index in [-0.39, 0.29) is 5.91 Å². The zero-order valence-corrected chi connectivity index (χ0v) is 17.5. The van der Waals surface area contributed by atoms with E-state index in [1.165, 1.54) is 5.69 Å². The van der Waals surface area contributed by atoms with Crippen LogP contribution in [0.25, 0.3) is 0 Å². The lowest BCUT2D eigenvalue weighted by atomic mass is 10.1. The van der Waals surface area contributed by atoms with Crippen LogP contribution in [0.2, 0.25) is 0 Å². The van der Waals surface area contributed by atoms with Crippen molar-refractivity contribution in [3.05, 3.63) is 77.6 Å². The Morgan fingerprint density at radius 3 is 2.38 bits per heavy atom. The lowest BCUT2D eigenvalue weighted by molar-refractivity contribution is 0.102. The van der Waals surface area contributed by atoms with Gasteiger partial charge in [-0.05, 0) is 69.2 Å². The Bertz CT molecular complexity index is 996. The highest BCUT2D eigenvalue weighted by atomic mass is 16.1. The largest absolute Gasteiger partial charge is 0.372 e. The monoisotopic (exact) mass is 388 g/mol. The van der Waals surface area contributed by atoms with Crippen LogP contribution >= 0.6 is 0 Å². The minimum atomic E-state index is -0.177. The highest BCUT2D eigenvalue weighted by Crippen LogP contribution is 2.26. The number of pyridine rings is 1. The van der Waals surface area contributed by atoms with Crippen LogP contribution in [-0.2, 0) is 0 Å². The number of para-hydroxylation sites is 1. The topological polar surface area (TPSA) is 57.3 Å². The molecule has 150 valence electrons. The highest BCUT2D eigenvalue weighted by Gasteiger charge is 2.10. The van der Waals surface area contributed by atoms with Gasteiger partial charge in [0.05, 0.1) is 17.4 Å². The van der Waals surface area contributed by atoms with E-state index in [0.29, 0.717) is 5.56 Å². The van der Waals surface area contributed by atoms with Crippen molar-refractivity contribution >= 4 is 28.7 Å². The number of carbonyl (C=O) groups is 1. The molecule has 0 aliphatic rings. The third-order valence-corrected chi connectivity index (χ3v) is 5.01. The molecule has 3 rings (SSSR count). The molecule has 0 spiro atoms. The first-order chi connectivity index (χ1) is 14.0. The molecule has 0 saturated heterocycles. The quantitative estimate of drug-likeness (QED) is 0.558. The molecule has 0 fully saturated rings. The van der Waals surface area contributed by atoms with Gasteiger partial charge in [0, 0.05) is 36.3 Å². The summed E-state index contributed by atoms with van der Waals surface area (Å²) in [6.07, 6.45) is 3.30. The molecule has 0 bridgehead atoms. The highest BCUT2D eigenvalue weighted by molar-refractivity contribution is 6.05. The number of hydrogen-bond acceptors (Lipinski definition) is 4. The van der Waals surface area contributed by atoms with Gasteiger partial charge in [-0.1, -0.05) is 18.2 Å². The fourth-order valence-corrected chi connectivity index (χ4v) is 3.27. The van der Waals surface area contributed by atoms with E-state index in [9.17, 15) is 4.79 Å². The van der Waals surface area contributed by atoms with Crippen LogP contribution in [0.3, 0.4) is 0 Å². The Morgan fingerprint density at radius 2 is 1.69 bits per heavy atom. The van der Waals surface area contributed by atoms with Gasteiger partial charge in [-0.15, -0.1) is 0 Å². The number of hydrogen-bond donors (Lipinski definition) is 2. The molecule has 3 aromatic rings. The average Bonchev–Trinajstić information content (AvgIpc) is 2.73. The summed E-state index contributed by atoms with van der Waals surface area (Å²) in [5.74, 6) is -0.177. The van der Waals surface area contributed by atoms with Crippen LogP contribution in [-0.4, -0.2) is 24.0 Å². The first-order valence-corrected chi connectivity index (χ1v) is 9.96. The summed E-state index contributed by atoms with van der Waals surface area (Å²) in [6, 6.07) is 15.9. The molecule has 1 amide bonds. The Hall–Kier alpha value is -3.34. The molecule has 0 unspecified atom stereocenters.